The van der Waals surface area contributed by atoms with Gasteiger partial charge in [-0.05, 0) is 36.6 Å². The molecule has 2 heteroatoms. The molecule has 0 atom stereocenters. The minimum absolute atomic E-state index is 0.616. The molecular weight excluding hydrogens is 300 g/mol. The van der Waals surface area contributed by atoms with Crippen molar-refractivity contribution in [2.75, 3.05) is 0 Å². The molecule has 0 saturated carbocycles. The molecule has 2 aromatic rings. The number of hydrogen-bond acceptors (Lipinski definition) is 1. The van der Waals surface area contributed by atoms with Crippen LogP contribution in [0.25, 0.3) is 5.57 Å². The zero-order valence-electron chi connectivity index (χ0n) is 11.0. The van der Waals surface area contributed by atoms with Crippen molar-refractivity contribution in [1.82, 2.24) is 0 Å². The Morgan fingerprint density at radius 3 is 2.26 bits per heavy atom. The van der Waals surface area contributed by atoms with Gasteiger partial charge in [-0.1, -0.05) is 52.3 Å². The van der Waals surface area contributed by atoms with E-state index in [1.54, 1.807) is 0 Å². The van der Waals surface area contributed by atoms with E-state index in [1.165, 1.54) is 16.7 Å². The van der Waals surface area contributed by atoms with Crippen molar-refractivity contribution >= 4 is 27.4 Å². The molecule has 0 aromatic heterocycles. The topological polar surface area (TPSA) is 17.1 Å². The summed E-state index contributed by atoms with van der Waals surface area (Å²) in [6.45, 7) is 4.15. The number of allylic oxidation sites excluding steroid dienone is 1. The lowest BCUT2D eigenvalue weighted by Crippen LogP contribution is -1.98. The van der Waals surface area contributed by atoms with Crippen LogP contribution in [0.2, 0.25) is 0 Å². The third kappa shape index (κ3) is 3.04. The van der Waals surface area contributed by atoms with E-state index < -0.39 is 0 Å². The largest absolute Gasteiger partial charge is 0.233 e. The third-order valence-corrected chi connectivity index (χ3v) is 4.01. The summed E-state index contributed by atoms with van der Waals surface area (Å²) in [4.78, 5) is 11.3. The van der Waals surface area contributed by atoms with Gasteiger partial charge in [0.25, 0.3) is 0 Å². The Morgan fingerprint density at radius 2 is 1.68 bits per heavy atom. The highest BCUT2D eigenvalue weighted by Gasteiger charge is 2.11. The third-order valence-electron chi connectivity index (χ3n) is 3.32. The minimum atomic E-state index is 0.616. The van der Waals surface area contributed by atoms with Crippen LogP contribution in [0.15, 0.2) is 46.9 Å². The van der Waals surface area contributed by atoms with Gasteiger partial charge in [0.2, 0.25) is 0 Å². The van der Waals surface area contributed by atoms with Crippen LogP contribution in [0.4, 0.5) is 0 Å². The van der Waals surface area contributed by atoms with Gasteiger partial charge in [-0.15, -0.1) is 0 Å². The van der Waals surface area contributed by atoms with E-state index in [2.05, 4.69) is 47.9 Å². The van der Waals surface area contributed by atoms with Crippen molar-refractivity contribution in [3.63, 3.8) is 0 Å². The summed E-state index contributed by atoms with van der Waals surface area (Å²) in [6.07, 6.45) is 0.616. The first-order valence-corrected chi connectivity index (χ1v) is 6.96. The van der Waals surface area contributed by atoms with Crippen LogP contribution in [-0.4, -0.2) is 5.94 Å². The first-order chi connectivity index (χ1) is 9.13. The molecule has 0 aliphatic carbocycles. The number of hydrogen-bond donors (Lipinski definition) is 0. The maximum atomic E-state index is 11.3. The van der Waals surface area contributed by atoms with Gasteiger partial charge >= 0.3 is 0 Å². The Labute approximate surface area is 122 Å². The van der Waals surface area contributed by atoms with Crippen LogP contribution in [0.1, 0.15) is 22.3 Å². The van der Waals surface area contributed by atoms with Crippen molar-refractivity contribution in [2.45, 2.75) is 20.3 Å². The summed E-state index contributed by atoms with van der Waals surface area (Å²) in [5.74, 6) is 2.10. The molecule has 19 heavy (non-hydrogen) atoms. The zero-order valence-corrected chi connectivity index (χ0v) is 12.6. The summed E-state index contributed by atoms with van der Waals surface area (Å²) < 4.78 is 0.930. The van der Waals surface area contributed by atoms with Crippen LogP contribution < -0.4 is 0 Å². The molecule has 2 aromatic carbocycles. The number of halogens is 1. The van der Waals surface area contributed by atoms with E-state index >= 15 is 0 Å². The van der Waals surface area contributed by atoms with E-state index in [9.17, 15) is 4.79 Å². The Bertz CT molecular complexity index is 632. The fraction of sp³-hybridized carbons (Fsp3) is 0.176. The van der Waals surface area contributed by atoms with Crippen LogP contribution in [0, 0.1) is 13.8 Å². The molecule has 2 rings (SSSR count). The van der Waals surface area contributed by atoms with Crippen LogP contribution in [-0.2, 0) is 11.2 Å². The average Bonchev–Trinajstić information content (AvgIpc) is 2.40. The predicted octanol–water partition coefficient (Wildman–Crippen LogP) is 4.52. The second-order valence-electron chi connectivity index (χ2n) is 4.61. The molecule has 0 fully saturated rings. The maximum Gasteiger partial charge on any atom is 0.128 e. The molecule has 0 spiro atoms. The molecule has 0 unspecified atom stereocenters. The summed E-state index contributed by atoms with van der Waals surface area (Å²) >= 11 is 3.49. The van der Waals surface area contributed by atoms with E-state index in [4.69, 9.17) is 0 Å². The standard InChI is InChI=1S/C17H15BrO/c1-12-6-5-7-13(2)16(12)10-14(11-19)15-8-3-4-9-17(15)18/h3-9H,10H2,1-2H3. The van der Waals surface area contributed by atoms with Gasteiger partial charge in [-0.25, -0.2) is 4.79 Å². The molecule has 0 N–H and O–H groups in total. The molecule has 0 aliphatic rings. The number of aryl methyl sites for hydroxylation is 2. The van der Waals surface area contributed by atoms with Crippen molar-refractivity contribution in [2.24, 2.45) is 0 Å². The van der Waals surface area contributed by atoms with Crippen LogP contribution in [0.3, 0.4) is 0 Å². The highest BCUT2D eigenvalue weighted by atomic mass is 79.9. The van der Waals surface area contributed by atoms with Gasteiger partial charge < -0.3 is 0 Å². The van der Waals surface area contributed by atoms with Gasteiger partial charge in [0.05, 0.1) is 0 Å². The van der Waals surface area contributed by atoms with E-state index in [-0.39, 0.29) is 0 Å². The Hall–Kier alpha value is -1.63. The van der Waals surface area contributed by atoms with Gasteiger partial charge in [0, 0.05) is 22.0 Å². The molecule has 0 amide bonds. The van der Waals surface area contributed by atoms with Gasteiger partial charge in [-0.2, -0.15) is 0 Å². The van der Waals surface area contributed by atoms with Crippen LogP contribution in [0.5, 0.6) is 0 Å². The van der Waals surface area contributed by atoms with E-state index in [0.29, 0.717) is 12.0 Å². The molecule has 0 saturated heterocycles. The number of carbonyl (C=O) groups excluding carboxylic acids is 1. The summed E-state index contributed by atoms with van der Waals surface area (Å²) in [6, 6.07) is 13.9. The Morgan fingerprint density at radius 1 is 1.05 bits per heavy atom. The number of benzene rings is 2. The fourth-order valence-corrected chi connectivity index (χ4v) is 2.72. The van der Waals surface area contributed by atoms with Gasteiger partial charge in [-0.3, -0.25) is 0 Å². The van der Waals surface area contributed by atoms with Crippen molar-refractivity contribution < 1.29 is 4.79 Å². The molecule has 0 heterocycles. The second kappa shape index (κ2) is 6.01. The smallest absolute Gasteiger partial charge is 0.128 e. The molecule has 96 valence electrons. The van der Waals surface area contributed by atoms with Crippen molar-refractivity contribution in [1.29, 1.82) is 0 Å². The quantitative estimate of drug-likeness (QED) is 0.761. The highest BCUT2D eigenvalue weighted by Crippen LogP contribution is 2.27. The first-order valence-electron chi connectivity index (χ1n) is 6.17. The zero-order chi connectivity index (χ0) is 13.8. The average molecular weight is 315 g/mol. The lowest BCUT2D eigenvalue weighted by Gasteiger charge is -2.11. The normalized spacial score (nSPS) is 10.1. The maximum absolute atomic E-state index is 11.3. The van der Waals surface area contributed by atoms with Crippen molar-refractivity contribution in [3.05, 3.63) is 69.2 Å². The SMILES string of the molecule is Cc1cccc(C)c1CC(=C=O)c1ccccc1Br. The number of rotatable bonds is 3. The predicted molar refractivity (Wildman–Crippen MR) is 82.9 cm³/mol. The van der Waals surface area contributed by atoms with Crippen molar-refractivity contribution in [3.8, 4) is 0 Å². The minimum Gasteiger partial charge on any atom is -0.233 e. The lowest BCUT2D eigenvalue weighted by molar-refractivity contribution is 0.569. The highest BCUT2D eigenvalue weighted by molar-refractivity contribution is 9.10. The molecular formula is C17H15BrO. The second-order valence-corrected chi connectivity index (χ2v) is 5.46. The molecule has 0 radical (unpaired) electrons. The molecule has 1 nitrogen and oxygen atoms in total. The fourth-order valence-electron chi connectivity index (χ4n) is 2.20. The molecule has 0 aliphatic heterocycles. The Kier molecular flexibility index (Phi) is 4.36. The van der Waals surface area contributed by atoms with E-state index in [1.807, 2.05) is 30.3 Å². The van der Waals surface area contributed by atoms with Crippen LogP contribution >= 0.6 is 15.9 Å². The first kappa shape index (κ1) is 13.8. The monoisotopic (exact) mass is 314 g/mol. The van der Waals surface area contributed by atoms with Gasteiger partial charge in [0.15, 0.2) is 0 Å². The molecule has 0 bridgehead atoms. The summed E-state index contributed by atoms with van der Waals surface area (Å²) in [5, 5.41) is 0. The Balaban J connectivity index is 2.42. The summed E-state index contributed by atoms with van der Waals surface area (Å²) in [5.41, 5.74) is 5.22. The summed E-state index contributed by atoms with van der Waals surface area (Å²) in [7, 11) is 0. The van der Waals surface area contributed by atoms with E-state index in [0.717, 1.165) is 10.0 Å². The lowest BCUT2D eigenvalue weighted by atomic mass is 9.93. The van der Waals surface area contributed by atoms with Gasteiger partial charge in [0.1, 0.15) is 5.94 Å².